The molecule has 1 fully saturated rings. The number of benzene rings is 1. The van der Waals surface area contributed by atoms with Crippen molar-refractivity contribution >= 4 is 27.9 Å². The number of aliphatic carboxylic acids is 1. The van der Waals surface area contributed by atoms with Gasteiger partial charge in [-0.1, -0.05) is 6.07 Å². The summed E-state index contributed by atoms with van der Waals surface area (Å²) < 4.78 is 13.5. The molecule has 7 heteroatoms. The van der Waals surface area contributed by atoms with Crippen LogP contribution in [0.15, 0.2) is 22.7 Å². The molecule has 0 saturated carbocycles. The lowest BCUT2D eigenvalue weighted by Crippen LogP contribution is -2.41. The predicted molar refractivity (Wildman–Crippen MR) is 83.1 cm³/mol. The molecular weight excluding hydrogens is 355 g/mol. The number of amides is 2. The number of rotatable bonds is 4. The first-order valence-electron chi connectivity index (χ1n) is 7.02. The third-order valence-corrected chi connectivity index (χ3v) is 4.56. The normalized spacial score (nSPS) is 21.0. The van der Waals surface area contributed by atoms with Gasteiger partial charge in [0.15, 0.2) is 0 Å². The van der Waals surface area contributed by atoms with Crippen LogP contribution in [0.1, 0.15) is 18.9 Å². The molecule has 0 bridgehead atoms. The number of nitrogens with one attached hydrogen (secondary N) is 1. The van der Waals surface area contributed by atoms with Crippen LogP contribution in [-0.4, -0.2) is 41.6 Å². The molecule has 1 aromatic rings. The van der Waals surface area contributed by atoms with Crippen molar-refractivity contribution in [1.82, 2.24) is 10.2 Å². The summed E-state index contributed by atoms with van der Waals surface area (Å²) in [5.74, 6) is -1.20. The van der Waals surface area contributed by atoms with E-state index in [0.717, 1.165) is 5.56 Å². The zero-order valence-electron chi connectivity index (χ0n) is 12.2. The Morgan fingerprint density at radius 2 is 2.23 bits per heavy atom. The second kappa shape index (κ2) is 6.64. The standard InChI is InChI=1S/C15H18BrFN2O3/c1-15(13(20)21)5-7-19(9-15)14(22)18-6-4-10-2-3-12(17)11(16)8-10/h2-3,8H,4-7,9H2,1H3,(H,18,22)(H,20,21). The number of carboxylic acid groups (broad SMARTS) is 1. The number of hydrogen-bond acceptors (Lipinski definition) is 2. The monoisotopic (exact) mass is 372 g/mol. The number of carbonyl (C=O) groups is 2. The van der Waals surface area contributed by atoms with Crippen molar-refractivity contribution in [2.45, 2.75) is 19.8 Å². The topological polar surface area (TPSA) is 69.6 Å². The number of hydrogen-bond donors (Lipinski definition) is 2. The van der Waals surface area contributed by atoms with Crippen LogP contribution in [0, 0.1) is 11.2 Å². The Kier molecular flexibility index (Phi) is 5.05. The summed E-state index contributed by atoms with van der Waals surface area (Å²) in [4.78, 5) is 24.7. The minimum Gasteiger partial charge on any atom is -0.481 e. The largest absolute Gasteiger partial charge is 0.481 e. The van der Waals surface area contributed by atoms with Gasteiger partial charge < -0.3 is 15.3 Å². The van der Waals surface area contributed by atoms with Crippen molar-refractivity contribution in [2.75, 3.05) is 19.6 Å². The lowest BCUT2D eigenvalue weighted by molar-refractivity contribution is -0.146. The van der Waals surface area contributed by atoms with Crippen LogP contribution in [0.5, 0.6) is 0 Å². The number of nitrogens with zero attached hydrogens (tertiary/aromatic N) is 1. The molecule has 2 amide bonds. The van der Waals surface area contributed by atoms with Gasteiger partial charge >= 0.3 is 12.0 Å². The smallest absolute Gasteiger partial charge is 0.317 e. The molecule has 1 aromatic carbocycles. The number of carboxylic acids is 1. The molecule has 2 N–H and O–H groups in total. The van der Waals surface area contributed by atoms with Crippen molar-refractivity contribution in [3.8, 4) is 0 Å². The molecule has 0 radical (unpaired) electrons. The minimum atomic E-state index is -0.876. The van der Waals surface area contributed by atoms with Crippen molar-refractivity contribution in [1.29, 1.82) is 0 Å². The fourth-order valence-corrected chi connectivity index (χ4v) is 2.86. The second-order valence-corrected chi connectivity index (χ2v) is 6.62. The molecule has 5 nitrogen and oxygen atoms in total. The van der Waals surface area contributed by atoms with E-state index in [9.17, 15) is 14.0 Å². The first kappa shape index (κ1) is 16.7. The van der Waals surface area contributed by atoms with Crippen LogP contribution in [-0.2, 0) is 11.2 Å². The molecule has 1 aliphatic rings. The molecule has 1 unspecified atom stereocenters. The molecule has 0 aromatic heterocycles. The summed E-state index contributed by atoms with van der Waals surface area (Å²) in [6, 6.07) is 4.47. The van der Waals surface area contributed by atoms with E-state index in [1.807, 2.05) is 0 Å². The summed E-state index contributed by atoms with van der Waals surface area (Å²) >= 11 is 3.12. The van der Waals surface area contributed by atoms with E-state index in [1.54, 1.807) is 19.1 Å². The number of urea groups is 1. The fraction of sp³-hybridized carbons (Fsp3) is 0.467. The zero-order chi connectivity index (χ0) is 16.3. The van der Waals surface area contributed by atoms with Gasteiger partial charge in [-0.3, -0.25) is 4.79 Å². The fourth-order valence-electron chi connectivity index (χ4n) is 2.43. The molecule has 2 rings (SSSR count). The van der Waals surface area contributed by atoms with Crippen LogP contribution < -0.4 is 5.32 Å². The van der Waals surface area contributed by atoms with Gasteiger partial charge in [0.1, 0.15) is 5.82 Å². The number of carbonyl (C=O) groups excluding carboxylic acids is 1. The van der Waals surface area contributed by atoms with Gasteiger partial charge in [-0.2, -0.15) is 0 Å². The Labute approximate surface area is 136 Å². The third-order valence-electron chi connectivity index (χ3n) is 3.95. The van der Waals surface area contributed by atoms with Crippen LogP contribution in [0.3, 0.4) is 0 Å². The molecular formula is C15H18BrFN2O3. The van der Waals surface area contributed by atoms with Gasteiger partial charge in [0, 0.05) is 19.6 Å². The van der Waals surface area contributed by atoms with E-state index in [1.165, 1.54) is 11.0 Å². The van der Waals surface area contributed by atoms with Crippen LogP contribution in [0.25, 0.3) is 0 Å². The maximum absolute atomic E-state index is 13.1. The highest BCUT2D eigenvalue weighted by Gasteiger charge is 2.42. The minimum absolute atomic E-state index is 0.219. The summed E-state index contributed by atoms with van der Waals surface area (Å²) in [5, 5.41) is 11.9. The third kappa shape index (κ3) is 3.76. The van der Waals surface area contributed by atoms with Crippen molar-refractivity contribution < 1.29 is 19.1 Å². The van der Waals surface area contributed by atoms with Gasteiger partial charge in [-0.05, 0) is 53.4 Å². The van der Waals surface area contributed by atoms with E-state index in [-0.39, 0.29) is 18.4 Å². The average molecular weight is 373 g/mol. The van der Waals surface area contributed by atoms with Gasteiger partial charge in [0.2, 0.25) is 0 Å². The Morgan fingerprint density at radius 3 is 2.82 bits per heavy atom. The number of likely N-dealkylation sites (tertiary alicyclic amines) is 1. The first-order valence-corrected chi connectivity index (χ1v) is 7.81. The molecule has 0 aliphatic carbocycles. The first-order chi connectivity index (χ1) is 10.3. The van der Waals surface area contributed by atoms with Gasteiger partial charge in [0.05, 0.1) is 9.89 Å². The van der Waals surface area contributed by atoms with Crippen LogP contribution in [0.2, 0.25) is 0 Å². The van der Waals surface area contributed by atoms with E-state index in [4.69, 9.17) is 5.11 Å². The molecule has 1 aliphatic heterocycles. The van der Waals surface area contributed by atoms with Gasteiger partial charge in [0.25, 0.3) is 0 Å². The SMILES string of the molecule is CC1(C(=O)O)CCN(C(=O)NCCc2ccc(F)c(Br)c2)C1. The molecule has 1 saturated heterocycles. The van der Waals surface area contributed by atoms with E-state index >= 15 is 0 Å². The quantitative estimate of drug-likeness (QED) is 0.853. The summed E-state index contributed by atoms with van der Waals surface area (Å²) in [6.45, 7) is 2.73. The molecule has 120 valence electrons. The van der Waals surface area contributed by atoms with Crippen molar-refractivity contribution in [3.63, 3.8) is 0 Å². The Bertz CT molecular complexity index is 596. The zero-order valence-corrected chi connectivity index (χ0v) is 13.8. The van der Waals surface area contributed by atoms with Gasteiger partial charge in [-0.25, -0.2) is 9.18 Å². The summed E-state index contributed by atoms with van der Waals surface area (Å²) in [7, 11) is 0. The highest BCUT2D eigenvalue weighted by atomic mass is 79.9. The average Bonchev–Trinajstić information content (AvgIpc) is 2.87. The molecule has 22 heavy (non-hydrogen) atoms. The van der Waals surface area contributed by atoms with Crippen molar-refractivity contribution in [3.05, 3.63) is 34.1 Å². The summed E-state index contributed by atoms with van der Waals surface area (Å²) in [6.07, 6.45) is 1.04. The molecule has 1 atom stereocenters. The van der Waals surface area contributed by atoms with Crippen LogP contribution in [0.4, 0.5) is 9.18 Å². The highest BCUT2D eigenvalue weighted by Crippen LogP contribution is 2.29. The maximum atomic E-state index is 13.1. The van der Waals surface area contributed by atoms with E-state index < -0.39 is 11.4 Å². The summed E-state index contributed by atoms with van der Waals surface area (Å²) in [5.41, 5.74) is 0.0458. The Morgan fingerprint density at radius 1 is 1.50 bits per heavy atom. The van der Waals surface area contributed by atoms with Crippen LogP contribution >= 0.6 is 15.9 Å². The van der Waals surface area contributed by atoms with E-state index in [2.05, 4.69) is 21.2 Å². The lowest BCUT2D eigenvalue weighted by Gasteiger charge is -2.20. The Balaban J connectivity index is 1.81. The number of halogens is 2. The highest BCUT2D eigenvalue weighted by molar-refractivity contribution is 9.10. The van der Waals surface area contributed by atoms with E-state index in [0.29, 0.717) is 30.4 Å². The Hall–Kier alpha value is -1.63. The molecule has 0 spiro atoms. The van der Waals surface area contributed by atoms with Gasteiger partial charge in [-0.15, -0.1) is 0 Å². The maximum Gasteiger partial charge on any atom is 0.317 e. The molecule has 1 heterocycles. The lowest BCUT2D eigenvalue weighted by atomic mass is 9.90. The second-order valence-electron chi connectivity index (χ2n) is 5.77. The van der Waals surface area contributed by atoms with Crippen molar-refractivity contribution in [2.24, 2.45) is 5.41 Å². The predicted octanol–water partition coefficient (Wildman–Crippen LogP) is 2.64.